The smallest absolute Gasteiger partial charge is 0.310 e. The van der Waals surface area contributed by atoms with Crippen molar-refractivity contribution in [3.63, 3.8) is 0 Å². The molecule has 1 N–H and O–H groups in total. The summed E-state index contributed by atoms with van der Waals surface area (Å²) in [5.74, 6) is -0.458. The van der Waals surface area contributed by atoms with Crippen molar-refractivity contribution in [1.29, 1.82) is 0 Å². The van der Waals surface area contributed by atoms with E-state index in [1.54, 1.807) is 13.0 Å². The molecule has 130 valence electrons. The number of amides is 1. The van der Waals surface area contributed by atoms with E-state index < -0.39 is 10.8 Å². The molecule has 0 aliphatic rings. The lowest BCUT2D eigenvalue weighted by molar-refractivity contribution is -0.385. The number of para-hydroxylation sites is 2. The number of carbonyl (C=O) groups excluding carboxylic acids is 1. The van der Waals surface area contributed by atoms with Crippen LogP contribution >= 0.6 is 0 Å². The van der Waals surface area contributed by atoms with E-state index in [4.69, 9.17) is 4.74 Å². The summed E-state index contributed by atoms with van der Waals surface area (Å²) in [5, 5.41) is 15.0. The molecule has 0 fully saturated rings. The second kappa shape index (κ2) is 8.05. The maximum Gasteiger partial charge on any atom is 0.310 e. The Bertz CT molecular complexity index is 831. The van der Waals surface area contributed by atoms with Gasteiger partial charge in [-0.2, -0.15) is 5.10 Å². The largest absolute Gasteiger partial charge is 0.477 e. The zero-order chi connectivity index (χ0) is 18.4. The van der Waals surface area contributed by atoms with Gasteiger partial charge in [-0.15, -0.1) is 0 Å². The minimum atomic E-state index is -0.560. The van der Waals surface area contributed by atoms with Crippen molar-refractivity contribution in [1.82, 2.24) is 5.43 Å². The lowest BCUT2D eigenvalue weighted by Gasteiger charge is -2.08. The lowest BCUT2D eigenvalue weighted by Crippen LogP contribution is -2.25. The topological polar surface area (TPSA) is 93.8 Å². The van der Waals surface area contributed by atoms with E-state index >= 15 is 0 Å². The van der Waals surface area contributed by atoms with Gasteiger partial charge in [0.15, 0.2) is 12.4 Å². The zero-order valence-electron chi connectivity index (χ0n) is 14.3. The molecule has 0 bridgehead atoms. The number of hydrogen-bond acceptors (Lipinski definition) is 5. The van der Waals surface area contributed by atoms with E-state index in [1.807, 2.05) is 32.0 Å². The maximum atomic E-state index is 11.9. The van der Waals surface area contributed by atoms with Gasteiger partial charge in [0.2, 0.25) is 0 Å². The number of nitro benzene ring substituents is 1. The van der Waals surface area contributed by atoms with Crippen molar-refractivity contribution >= 4 is 17.3 Å². The highest BCUT2D eigenvalue weighted by atomic mass is 16.6. The third-order valence-electron chi connectivity index (χ3n) is 3.54. The molecule has 2 aromatic rings. The van der Waals surface area contributed by atoms with Crippen LogP contribution in [-0.4, -0.2) is 23.1 Å². The molecule has 0 atom stereocenters. The average Bonchev–Trinajstić information content (AvgIpc) is 2.58. The molecule has 2 aromatic carbocycles. The molecule has 0 aliphatic carbocycles. The number of hydrazone groups is 1. The van der Waals surface area contributed by atoms with Gasteiger partial charge in [0, 0.05) is 11.6 Å². The minimum Gasteiger partial charge on any atom is -0.477 e. The Hall–Kier alpha value is -3.22. The SMILES string of the molecule is C/C(=N\NC(=O)COc1ccccc1[N+](=O)[O-])c1ccc(C)cc1C. The molecule has 7 nitrogen and oxygen atoms in total. The van der Waals surface area contributed by atoms with Crippen molar-refractivity contribution in [3.8, 4) is 5.75 Å². The fourth-order valence-corrected chi connectivity index (χ4v) is 2.33. The number of ether oxygens (including phenoxy) is 1. The summed E-state index contributed by atoms with van der Waals surface area (Å²) in [6, 6.07) is 11.8. The van der Waals surface area contributed by atoms with Gasteiger partial charge in [-0.25, -0.2) is 5.43 Å². The predicted molar refractivity (Wildman–Crippen MR) is 94.9 cm³/mol. The molecule has 1 amide bonds. The van der Waals surface area contributed by atoms with Crippen molar-refractivity contribution in [2.24, 2.45) is 5.10 Å². The number of aryl methyl sites for hydroxylation is 2. The summed E-state index contributed by atoms with van der Waals surface area (Å²) in [7, 11) is 0. The summed E-state index contributed by atoms with van der Waals surface area (Å²) in [5.41, 5.74) is 6.02. The summed E-state index contributed by atoms with van der Waals surface area (Å²) >= 11 is 0. The van der Waals surface area contributed by atoms with Gasteiger partial charge in [0.05, 0.1) is 10.6 Å². The van der Waals surface area contributed by atoms with Crippen molar-refractivity contribution < 1.29 is 14.5 Å². The van der Waals surface area contributed by atoms with Crippen LogP contribution in [0.15, 0.2) is 47.6 Å². The Morgan fingerprint density at radius 2 is 1.96 bits per heavy atom. The summed E-state index contributed by atoms with van der Waals surface area (Å²) in [6.45, 7) is 5.40. The zero-order valence-corrected chi connectivity index (χ0v) is 14.3. The number of nitrogens with one attached hydrogen (secondary N) is 1. The number of nitro groups is 1. The van der Waals surface area contributed by atoms with Gasteiger partial charge in [-0.05, 0) is 32.4 Å². The summed E-state index contributed by atoms with van der Waals surface area (Å²) in [6.07, 6.45) is 0. The van der Waals surface area contributed by atoms with Crippen molar-refractivity contribution in [2.45, 2.75) is 20.8 Å². The third-order valence-corrected chi connectivity index (χ3v) is 3.54. The van der Waals surface area contributed by atoms with Crippen molar-refractivity contribution in [3.05, 3.63) is 69.3 Å². The first-order valence-corrected chi connectivity index (χ1v) is 7.65. The molecular weight excluding hydrogens is 322 g/mol. The molecule has 0 spiro atoms. The van der Waals surface area contributed by atoms with Crippen LogP contribution in [-0.2, 0) is 4.79 Å². The Balaban J connectivity index is 1.98. The van der Waals surface area contributed by atoms with E-state index in [0.717, 1.165) is 16.7 Å². The highest BCUT2D eigenvalue weighted by Gasteiger charge is 2.14. The molecule has 0 saturated heterocycles. The molecule has 25 heavy (non-hydrogen) atoms. The molecule has 0 heterocycles. The van der Waals surface area contributed by atoms with Crippen LogP contribution in [0.2, 0.25) is 0 Å². The van der Waals surface area contributed by atoms with Crippen LogP contribution in [0.3, 0.4) is 0 Å². The number of benzene rings is 2. The summed E-state index contributed by atoms with van der Waals surface area (Å²) < 4.78 is 5.21. The first-order chi connectivity index (χ1) is 11.9. The van der Waals surface area contributed by atoms with Crippen LogP contribution in [0.1, 0.15) is 23.6 Å². The maximum absolute atomic E-state index is 11.9. The van der Waals surface area contributed by atoms with Crippen LogP contribution in [0.4, 0.5) is 5.69 Å². The van der Waals surface area contributed by atoms with Crippen LogP contribution < -0.4 is 10.2 Å². The first-order valence-electron chi connectivity index (χ1n) is 7.65. The highest BCUT2D eigenvalue weighted by Crippen LogP contribution is 2.25. The predicted octanol–water partition coefficient (Wildman–Crippen LogP) is 3.13. The van der Waals surface area contributed by atoms with E-state index in [1.165, 1.54) is 18.2 Å². The van der Waals surface area contributed by atoms with Gasteiger partial charge >= 0.3 is 5.69 Å². The average molecular weight is 341 g/mol. The van der Waals surface area contributed by atoms with E-state index in [0.29, 0.717) is 5.71 Å². The molecule has 0 unspecified atom stereocenters. The van der Waals surface area contributed by atoms with Gasteiger partial charge in [-0.1, -0.05) is 35.9 Å². The fourth-order valence-electron chi connectivity index (χ4n) is 2.33. The Morgan fingerprint density at radius 1 is 1.24 bits per heavy atom. The molecule has 2 rings (SSSR count). The molecule has 7 heteroatoms. The van der Waals surface area contributed by atoms with Gasteiger partial charge in [0.25, 0.3) is 5.91 Å². The molecule has 0 radical (unpaired) electrons. The monoisotopic (exact) mass is 341 g/mol. The van der Waals surface area contributed by atoms with Crippen molar-refractivity contribution in [2.75, 3.05) is 6.61 Å². The quantitative estimate of drug-likeness (QED) is 0.496. The van der Waals surface area contributed by atoms with Crippen LogP contribution in [0.5, 0.6) is 5.75 Å². The van der Waals surface area contributed by atoms with E-state index in [-0.39, 0.29) is 18.0 Å². The summed E-state index contributed by atoms with van der Waals surface area (Å²) in [4.78, 5) is 22.2. The van der Waals surface area contributed by atoms with E-state index in [2.05, 4.69) is 10.5 Å². The first kappa shape index (κ1) is 18.1. The normalized spacial score (nSPS) is 11.1. The standard InChI is InChI=1S/C18H19N3O4/c1-12-8-9-15(13(2)10-12)14(3)19-20-18(22)11-25-17-7-5-4-6-16(17)21(23)24/h4-10H,11H2,1-3H3,(H,20,22)/b19-14+. The Morgan fingerprint density at radius 3 is 2.64 bits per heavy atom. The fraction of sp³-hybridized carbons (Fsp3) is 0.222. The molecular formula is C18H19N3O4. The van der Waals surface area contributed by atoms with Crippen LogP contribution in [0.25, 0.3) is 0 Å². The third kappa shape index (κ3) is 4.87. The molecule has 0 saturated carbocycles. The van der Waals surface area contributed by atoms with E-state index in [9.17, 15) is 14.9 Å². The van der Waals surface area contributed by atoms with Gasteiger partial charge in [0.1, 0.15) is 0 Å². The minimum absolute atomic E-state index is 0.0396. The number of hydrogen-bond donors (Lipinski definition) is 1. The number of rotatable bonds is 6. The highest BCUT2D eigenvalue weighted by molar-refractivity contribution is 6.00. The lowest BCUT2D eigenvalue weighted by atomic mass is 10.0. The second-order valence-corrected chi connectivity index (χ2v) is 5.56. The number of carbonyl (C=O) groups is 1. The Kier molecular flexibility index (Phi) is 5.84. The Labute approximate surface area is 145 Å². The second-order valence-electron chi connectivity index (χ2n) is 5.56. The number of nitrogens with zero attached hydrogens (tertiary/aromatic N) is 2. The van der Waals surface area contributed by atoms with Gasteiger partial charge in [-0.3, -0.25) is 14.9 Å². The van der Waals surface area contributed by atoms with Crippen LogP contribution in [0, 0.1) is 24.0 Å². The molecule has 0 aliphatic heterocycles. The molecule has 0 aromatic heterocycles. The van der Waals surface area contributed by atoms with Gasteiger partial charge < -0.3 is 4.74 Å².